The number of carboxylic acid groups (broad SMARTS) is 1. The van der Waals surface area contributed by atoms with E-state index < -0.39 is 12.2 Å². The second-order valence-corrected chi connectivity index (χ2v) is 3.76. The highest BCUT2D eigenvalue weighted by Crippen LogP contribution is 2.22. The van der Waals surface area contributed by atoms with Crippen LogP contribution in [0.2, 0.25) is 0 Å². The molecule has 5 heteroatoms. The third-order valence-corrected chi connectivity index (χ3v) is 2.71. The first-order chi connectivity index (χ1) is 5.59. The third-order valence-electron chi connectivity index (χ3n) is 2.11. The van der Waals surface area contributed by atoms with Crippen LogP contribution in [0, 0.1) is 0 Å². The number of nitrogens with one attached hydrogen (secondary N) is 1. The first-order valence-corrected chi connectivity index (χ1v) is 4.47. The van der Waals surface area contributed by atoms with Gasteiger partial charge in [0.25, 0.3) is 0 Å². The van der Waals surface area contributed by atoms with E-state index in [-0.39, 0.29) is 11.3 Å². The Morgan fingerprint density at radius 1 is 1.50 bits per heavy atom. The molecule has 3 atom stereocenters. The van der Waals surface area contributed by atoms with Gasteiger partial charge in [-0.2, -0.15) is 12.6 Å². The predicted octanol–water partition coefficient (Wildman–Crippen LogP) is 0.466. The average Bonchev–Trinajstić information content (AvgIpc) is 1.96. The molecule has 0 unspecified atom stereocenters. The summed E-state index contributed by atoms with van der Waals surface area (Å²) in [6.45, 7) is 0. The fourth-order valence-electron chi connectivity index (χ4n) is 1.44. The second-order valence-electron chi connectivity index (χ2n) is 3.09. The highest BCUT2D eigenvalue weighted by molar-refractivity contribution is 7.81. The summed E-state index contributed by atoms with van der Waals surface area (Å²) in [4.78, 5) is 10.2. The van der Waals surface area contributed by atoms with Crippen LogP contribution in [-0.4, -0.2) is 33.7 Å². The molecular weight excluding hydrogens is 178 g/mol. The molecule has 0 saturated heterocycles. The summed E-state index contributed by atoms with van der Waals surface area (Å²) in [5, 5.41) is 20.1. The summed E-state index contributed by atoms with van der Waals surface area (Å²) in [6.07, 6.45) is 0.483. The largest absolute Gasteiger partial charge is 0.465 e. The minimum atomic E-state index is -1.02. The van der Waals surface area contributed by atoms with Gasteiger partial charge in [-0.25, -0.2) is 4.79 Å². The summed E-state index contributed by atoms with van der Waals surface area (Å²) in [5.74, 6) is 0. The number of aliphatic hydroxyl groups excluding tert-OH is 1. The van der Waals surface area contributed by atoms with Crippen molar-refractivity contribution >= 4 is 18.7 Å². The fourth-order valence-corrected chi connectivity index (χ4v) is 1.71. The highest BCUT2D eigenvalue weighted by atomic mass is 32.1. The standard InChI is InChI=1S/C7H13NO3S/c9-5-3-4(8-7(10)11)1-2-6(5)12/h4-6,8-9,12H,1-3H2,(H,10,11)/t4-,5-,6-/m0/s1. The zero-order chi connectivity index (χ0) is 9.14. The van der Waals surface area contributed by atoms with Crippen molar-refractivity contribution in [3.05, 3.63) is 0 Å². The lowest BCUT2D eigenvalue weighted by Crippen LogP contribution is -2.42. The number of thiol groups is 1. The van der Waals surface area contributed by atoms with Gasteiger partial charge < -0.3 is 15.5 Å². The molecule has 1 aliphatic rings. The number of hydrogen-bond acceptors (Lipinski definition) is 3. The first-order valence-electron chi connectivity index (χ1n) is 3.95. The SMILES string of the molecule is O=C(O)N[C@H]1CC[C@H](S)[C@@H](O)C1. The van der Waals surface area contributed by atoms with Gasteiger partial charge >= 0.3 is 6.09 Å². The van der Waals surface area contributed by atoms with Crippen molar-refractivity contribution in [3.8, 4) is 0 Å². The molecule has 0 aliphatic heterocycles. The van der Waals surface area contributed by atoms with Gasteiger partial charge in [0, 0.05) is 11.3 Å². The normalized spacial score (nSPS) is 36.0. The summed E-state index contributed by atoms with van der Waals surface area (Å²) >= 11 is 4.16. The van der Waals surface area contributed by atoms with Crippen LogP contribution in [-0.2, 0) is 0 Å². The van der Waals surface area contributed by atoms with Gasteiger partial charge in [0.2, 0.25) is 0 Å². The molecule has 1 aliphatic carbocycles. The molecule has 0 aromatic carbocycles. The fraction of sp³-hybridized carbons (Fsp3) is 0.857. The van der Waals surface area contributed by atoms with Crippen molar-refractivity contribution in [2.24, 2.45) is 0 Å². The quantitative estimate of drug-likeness (QED) is 0.455. The summed E-state index contributed by atoms with van der Waals surface area (Å²) in [7, 11) is 0. The minimum Gasteiger partial charge on any atom is -0.465 e. The highest BCUT2D eigenvalue weighted by Gasteiger charge is 2.27. The maximum atomic E-state index is 10.2. The van der Waals surface area contributed by atoms with Crippen LogP contribution in [0.15, 0.2) is 0 Å². The molecule has 1 saturated carbocycles. The zero-order valence-electron chi connectivity index (χ0n) is 6.60. The van der Waals surface area contributed by atoms with Crippen LogP contribution in [0.5, 0.6) is 0 Å². The van der Waals surface area contributed by atoms with Crippen LogP contribution >= 0.6 is 12.6 Å². The van der Waals surface area contributed by atoms with E-state index in [0.717, 1.165) is 12.8 Å². The lowest BCUT2D eigenvalue weighted by molar-refractivity contribution is 0.116. The number of amides is 1. The molecule has 0 aromatic heterocycles. The lowest BCUT2D eigenvalue weighted by Gasteiger charge is -2.29. The summed E-state index contributed by atoms with van der Waals surface area (Å²) < 4.78 is 0. The van der Waals surface area contributed by atoms with Crippen LogP contribution < -0.4 is 5.32 Å². The Morgan fingerprint density at radius 2 is 2.17 bits per heavy atom. The van der Waals surface area contributed by atoms with E-state index in [9.17, 15) is 9.90 Å². The van der Waals surface area contributed by atoms with Crippen LogP contribution in [0.1, 0.15) is 19.3 Å². The molecule has 0 aromatic rings. The molecule has 0 radical (unpaired) electrons. The van der Waals surface area contributed by atoms with Crippen molar-refractivity contribution in [2.45, 2.75) is 36.7 Å². The second kappa shape index (κ2) is 4.00. The van der Waals surface area contributed by atoms with Crippen LogP contribution in [0.3, 0.4) is 0 Å². The Kier molecular flexibility index (Phi) is 3.22. The molecule has 0 heterocycles. The van der Waals surface area contributed by atoms with Crippen molar-refractivity contribution in [1.82, 2.24) is 5.32 Å². The Labute approximate surface area is 76.4 Å². The molecule has 12 heavy (non-hydrogen) atoms. The van der Waals surface area contributed by atoms with Crippen molar-refractivity contribution < 1.29 is 15.0 Å². The Morgan fingerprint density at radius 3 is 2.67 bits per heavy atom. The van der Waals surface area contributed by atoms with E-state index in [1.165, 1.54) is 0 Å². The van der Waals surface area contributed by atoms with Gasteiger partial charge in [-0.15, -0.1) is 0 Å². The maximum Gasteiger partial charge on any atom is 0.404 e. The molecular formula is C7H13NO3S. The number of aliphatic hydroxyl groups is 1. The minimum absolute atomic E-state index is 0.00292. The third kappa shape index (κ3) is 2.57. The summed E-state index contributed by atoms with van der Waals surface area (Å²) in [5.41, 5.74) is 0. The van der Waals surface area contributed by atoms with Gasteiger partial charge in [0.1, 0.15) is 0 Å². The van der Waals surface area contributed by atoms with E-state index in [2.05, 4.69) is 17.9 Å². The predicted molar refractivity (Wildman–Crippen MR) is 47.6 cm³/mol. The number of carbonyl (C=O) groups is 1. The van der Waals surface area contributed by atoms with Crippen molar-refractivity contribution in [1.29, 1.82) is 0 Å². The van der Waals surface area contributed by atoms with Gasteiger partial charge in [-0.05, 0) is 19.3 Å². The number of hydrogen-bond donors (Lipinski definition) is 4. The molecule has 0 bridgehead atoms. The van der Waals surface area contributed by atoms with Gasteiger partial charge in [-0.3, -0.25) is 0 Å². The van der Waals surface area contributed by atoms with E-state index in [1.54, 1.807) is 0 Å². The Hall–Kier alpha value is -0.420. The number of rotatable bonds is 1. The molecule has 1 amide bonds. The van der Waals surface area contributed by atoms with Gasteiger partial charge in [0.05, 0.1) is 6.10 Å². The van der Waals surface area contributed by atoms with E-state index in [4.69, 9.17) is 5.11 Å². The molecule has 0 spiro atoms. The van der Waals surface area contributed by atoms with E-state index in [0.29, 0.717) is 6.42 Å². The van der Waals surface area contributed by atoms with Crippen molar-refractivity contribution in [3.63, 3.8) is 0 Å². The van der Waals surface area contributed by atoms with E-state index in [1.807, 2.05) is 0 Å². The Bertz CT molecular complexity index is 176. The monoisotopic (exact) mass is 191 g/mol. The van der Waals surface area contributed by atoms with Gasteiger partial charge in [-0.1, -0.05) is 0 Å². The summed E-state index contributed by atoms with van der Waals surface area (Å²) in [6, 6.07) is -0.110. The molecule has 1 fully saturated rings. The molecule has 4 nitrogen and oxygen atoms in total. The average molecular weight is 191 g/mol. The maximum absolute atomic E-state index is 10.2. The lowest BCUT2D eigenvalue weighted by atomic mass is 9.92. The zero-order valence-corrected chi connectivity index (χ0v) is 7.50. The first kappa shape index (κ1) is 9.67. The molecule has 3 N–H and O–H groups in total. The Balaban J connectivity index is 2.35. The van der Waals surface area contributed by atoms with Crippen LogP contribution in [0.25, 0.3) is 0 Å². The molecule has 70 valence electrons. The van der Waals surface area contributed by atoms with E-state index >= 15 is 0 Å². The topological polar surface area (TPSA) is 69.6 Å². The smallest absolute Gasteiger partial charge is 0.404 e. The molecule has 1 rings (SSSR count). The van der Waals surface area contributed by atoms with Crippen molar-refractivity contribution in [2.75, 3.05) is 0 Å². The van der Waals surface area contributed by atoms with Gasteiger partial charge in [0.15, 0.2) is 0 Å². The van der Waals surface area contributed by atoms with Crippen LogP contribution in [0.4, 0.5) is 4.79 Å².